The molecule has 0 bridgehead atoms. The normalized spacial score (nSPS) is 10.4. The lowest BCUT2D eigenvalue weighted by Crippen LogP contribution is -2.13. The van der Waals surface area contributed by atoms with E-state index in [0.29, 0.717) is 25.2 Å². The van der Waals surface area contributed by atoms with E-state index in [1.807, 2.05) is 31.2 Å². The number of carbonyl (C=O) groups excluding carboxylic acids is 1. The molecule has 6 heteroatoms. The minimum atomic E-state index is -0.0335. The van der Waals surface area contributed by atoms with Gasteiger partial charge in [0.25, 0.3) is 0 Å². The van der Waals surface area contributed by atoms with Crippen molar-refractivity contribution in [2.24, 2.45) is 5.73 Å². The standard InChI is InChI=1S/C13H17N5O/c1-9-15-13(18-17-9)10-4-2-5-11(8-10)16-12(19)6-3-7-14/h2,4-5,8H,3,6-7,14H2,1H3,(H,16,19)(H,15,17,18). The summed E-state index contributed by atoms with van der Waals surface area (Å²) >= 11 is 0. The van der Waals surface area contributed by atoms with E-state index in [9.17, 15) is 4.79 Å². The van der Waals surface area contributed by atoms with Gasteiger partial charge in [-0.3, -0.25) is 9.89 Å². The van der Waals surface area contributed by atoms with Crippen LogP contribution in [-0.4, -0.2) is 27.6 Å². The monoisotopic (exact) mass is 259 g/mol. The Balaban J connectivity index is 2.09. The van der Waals surface area contributed by atoms with Gasteiger partial charge in [-0.25, -0.2) is 4.98 Å². The fraction of sp³-hybridized carbons (Fsp3) is 0.308. The maximum Gasteiger partial charge on any atom is 0.224 e. The molecule has 0 saturated heterocycles. The molecule has 1 aromatic heterocycles. The van der Waals surface area contributed by atoms with E-state index in [1.165, 1.54) is 0 Å². The molecule has 1 heterocycles. The third-order valence-electron chi connectivity index (χ3n) is 2.61. The highest BCUT2D eigenvalue weighted by molar-refractivity contribution is 5.91. The van der Waals surface area contributed by atoms with Crippen LogP contribution in [-0.2, 0) is 4.79 Å². The maximum atomic E-state index is 11.6. The molecule has 1 amide bonds. The molecule has 0 atom stereocenters. The number of anilines is 1. The van der Waals surface area contributed by atoms with E-state index < -0.39 is 0 Å². The molecular formula is C13H17N5O. The first-order valence-corrected chi connectivity index (χ1v) is 6.18. The van der Waals surface area contributed by atoms with Gasteiger partial charge in [0.2, 0.25) is 5.91 Å². The van der Waals surface area contributed by atoms with Gasteiger partial charge in [-0.1, -0.05) is 12.1 Å². The lowest BCUT2D eigenvalue weighted by molar-refractivity contribution is -0.116. The summed E-state index contributed by atoms with van der Waals surface area (Å²) < 4.78 is 0. The van der Waals surface area contributed by atoms with Crippen molar-refractivity contribution in [1.29, 1.82) is 0 Å². The van der Waals surface area contributed by atoms with Crippen molar-refractivity contribution in [3.05, 3.63) is 30.1 Å². The minimum absolute atomic E-state index is 0.0335. The van der Waals surface area contributed by atoms with Crippen LogP contribution >= 0.6 is 0 Å². The molecule has 0 radical (unpaired) electrons. The first-order chi connectivity index (χ1) is 9.19. The van der Waals surface area contributed by atoms with Crippen LogP contribution in [0, 0.1) is 6.92 Å². The Morgan fingerprint density at radius 1 is 1.47 bits per heavy atom. The fourth-order valence-electron chi connectivity index (χ4n) is 1.69. The second-order valence-corrected chi connectivity index (χ2v) is 4.27. The van der Waals surface area contributed by atoms with Crippen LogP contribution in [0.1, 0.15) is 18.7 Å². The van der Waals surface area contributed by atoms with Crippen molar-refractivity contribution in [2.45, 2.75) is 19.8 Å². The molecule has 0 unspecified atom stereocenters. The summed E-state index contributed by atoms with van der Waals surface area (Å²) in [6.07, 6.45) is 1.12. The van der Waals surface area contributed by atoms with Crippen LogP contribution in [0.4, 0.5) is 5.69 Å². The molecule has 6 nitrogen and oxygen atoms in total. The first kappa shape index (κ1) is 13.2. The van der Waals surface area contributed by atoms with Gasteiger partial charge in [0, 0.05) is 17.7 Å². The Bertz CT molecular complexity index is 564. The number of hydrogen-bond acceptors (Lipinski definition) is 4. The SMILES string of the molecule is Cc1nc(-c2cccc(NC(=O)CCCN)c2)n[nH]1. The Hall–Kier alpha value is -2.21. The molecule has 19 heavy (non-hydrogen) atoms. The lowest BCUT2D eigenvalue weighted by atomic mass is 10.2. The quantitative estimate of drug-likeness (QED) is 0.757. The van der Waals surface area contributed by atoms with Gasteiger partial charge in [-0.05, 0) is 32.0 Å². The van der Waals surface area contributed by atoms with Crippen molar-refractivity contribution >= 4 is 11.6 Å². The number of aromatic nitrogens is 3. The number of aromatic amines is 1. The minimum Gasteiger partial charge on any atom is -0.330 e. The zero-order valence-electron chi connectivity index (χ0n) is 10.8. The van der Waals surface area contributed by atoms with Crippen LogP contribution < -0.4 is 11.1 Å². The number of nitrogens with zero attached hydrogens (tertiary/aromatic N) is 2. The van der Waals surface area contributed by atoms with Crippen molar-refractivity contribution < 1.29 is 4.79 Å². The van der Waals surface area contributed by atoms with Crippen LogP contribution in [0.15, 0.2) is 24.3 Å². The molecule has 0 aliphatic rings. The summed E-state index contributed by atoms with van der Waals surface area (Å²) in [7, 11) is 0. The summed E-state index contributed by atoms with van der Waals surface area (Å²) in [5.41, 5.74) is 6.97. The number of carbonyl (C=O) groups is 1. The first-order valence-electron chi connectivity index (χ1n) is 6.18. The van der Waals surface area contributed by atoms with Gasteiger partial charge >= 0.3 is 0 Å². The predicted octanol–water partition coefficient (Wildman–Crippen LogP) is 1.46. The van der Waals surface area contributed by atoms with Gasteiger partial charge in [-0.15, -0.1) is 0 Å². The van der Waals surface area contributed by atoms with Gasteiger partial charge in [0.05, 0.1) is 0 Å². The average Bonchev–Trinajstić information content (AvgIpc) is 2.83. The summed E-state index contributed by atoms with van der Waals surface area (Å²) in [6.45, 7) is 2.36. The number of amides is 1. The highest BCUT2D eigenvalue weighted by Gasteiger charge is 2.06. The highest BCUT2D eigenvalue weighted by Crippen LogP contribution is 2.19. The van der Waals surface area contributed by atoms with Gasteiger partial charge in [0.1, 0.15) is 5.82 Å². The number of nitrogens with two attached hydrogens (primary N) is 1. The number of H-pyrrole nitrogens is 1. The number of benzene rings is 1. The Kier molecular flexibility index (Phi) is 4.25. The molecule has 0 aliphatic carbocycles. The van der Waals surface area contributed by atoms with Crippen LogP contribution in [0.2, 0.25) is 0 Å². The molecule has 0 aliphatic heterocycles. The molecule has 100 valence electrons. The van der Waals surface area contributed by atoms with Crippen LogP contribution in [0.5, 0.6) is 0 Å². The van der Waals surface area contributed by atoms with Crippen molar-refractivity contribution in [3.63, 3.8) is 0 Å². The fourth-order valence-corrected chi connectivity index (χ4v) is 1.69. The maximum absolute atomic E-state index is 11.6. The average molecular weight is 259 g/mol. The predicted molar refractivity (Wildman–Crippen MR) is 73.5 cm³/mol. The second-order valence-electron chi connectivity index (χ2n) is 4.27. The number of rotatable bonds is 5. The zero-order valence-corrected chi connectivity index (χ0v) is 10.8. The summed E-state index contributed by atoms with van der Waals surface area (Å²) in [5.74, 6) is 1.34. The summed E-state index contributed by atoms with van der Waals surface area (Å²) in [5, 5.41) is 9.72. The molecule has 2 aromatic rings. The van der Waals surface area contributed by atoms with Crippen molar-refractivity contribution in [1.82, 2.24) is 15.2 Å². The largest absolute Gasteiger partial charge is 0.330 e. The topological polar surface area (TPSA) is 96.7 Å². The van der Waals surface area contributed by atoms with Crippen LogP contribution in [0.3, 0.4) is 0 Å². The number of hydrogen-bond donors (Lipinski definition) is 3. The smallest absolute Gasteiger partial charge is 0.224 e. The zero-order chi connectivity index (χ0) is 13.7. The van der Waals surface area contributed by atoms with E-state index in [-0.39, 0.29) is 5.91 Å². The van der Waals surface area contributed by atoms with E-state index in [2.05, 4.69) is 20.5 Å². The number of nitrogens with one attached hydrogen (secondary N) is 2. The molecule has 0 fully saturated rings. The third-order valence-corrected chi connectivity index (χ3v) is 2.61. The third kappa shape index (κ3) is 3.62. The molecule has 0 spiro atoms. The molecule has 1 aromatic carbocycles. The van der Waals surface area contributed by atoms with Gasteiger partial charge in [0.15, 0.2) is 5.82 Å². The Labute approximate surface area is 111 Å². The number of aryl methyl sites for hydroxylation is 1. The Morgan fingerprint density at radius 2 is 2.32 bits per heavy atom. The van der Waals surface area contributed by atoms with Crippen molar-refractivity contribution in [2.75, 3.05) is 11.9 Å². The second kappa shape index (κ2) is 6.10. The van der Waals surface area contributed by atoms with Crippen molar-refractivity contribution in [3.8, 4) is 11.4 Å². The van der Waals surface area contributed by atoms with E-state index in [1.54, 1.807) is 0 Å². The van der Waals surface area contributed by atoms with E-state index in [0.717, 1.165) is 17.1 Å². The van der Waals surface area contributed by atoms with Gasteiger partial charge < -0.3 is 11.1 Å². The summed E-state index contributed by atoms with van der Waals surface area (Å²) in [6, 6.07) is 7.45. The molecule has 0 saturated carbocycles. The molecule has 4 N–H and O–H groups in total. The molecule has 2 rings (SSSR count). The van der Waals surface area contributed by atoms with E-state index >= 15 is 0 Å². The highest BCUT2D eigenvalue weighted by atomic mass is 16.1. The molecular weight excluding hydrogens is 242 g/mol. The van der Waals surface area contributed by atoms with E-state index in [4.69, 9.17) is 5.73 Å². The summed E-state index contributed by atoms with van der Waals surface area (Å²) in [4.78, 5) is 15.9. The Morgan fingerprint density at radius 3 is 3.00 bits per heavy atom. The lowest BCUT2D eigenvalue weighted by Gasteiger charge is -2.05. The van der Waals surface area contributed by atoms with Crippen LogP contribution in [0.25, 0.3) is 11.4 Å². The van der Waals surface area contributed by atoms with Gasteiger partial charge in [-0.2, -0.15) is 5.10 Å².